The summed E-state index contributed by atoms with van der Waals surface area (Å²) in [4.78, 5) is 38.5. The number of aliphatic hydroxyl groups excluding tert-OH is 1. The second kappa shape index (κ2) is 8.30. The molecule has 0 aliphatic carbocycles. The fourth-order valence-corrected chi connectivity index (χ4v) is 2.62. The molecule has 2 aromatic rings. The number of benzene rings is 1. The van der Waals surface area contributed by atoms with Crippen LogP contribution in [-0.2, 0) is 9.53 Å². The van der Waals surface area contributed by atoms with Gasteiger partial charge >= 0.3 is 5.97 Å². The summed E-state index contributed by atoms with van der Waals surface area (Å²) in [6.45, 7) is 4.45. The van der Waals surface area contributed by atoms with E-state index < -0.39 is 30.5 Å². The van der Waals surface area contributed by atoms with E-state index in [1.54, 1.807) is 51.1 Å². The molecule has 4 N–H and O–H groups in total. The number of H-pyrrole nitrogens is 1. The molecule has 0 radical (unpaired) electrons. The molecule has 0 aliphatic rings. The molecule has 0 unspecified atom stereocenters. The van der Waals surface area contributed by atoms with Gasteiger partial charge < -0.3 is 14.8 Å². The second-order valence-corrected chi connectivity index (χ2v) is 5.78. The Morgan fingerprint density at radius 1 is 1.15 bits per heavy atom. The van der Waals surface area contributed by atoms with E-state index in [0.717, 1.165) is 0 Å². The average molecular weight is 359 g/mol. The van der Waals surface area contributed by atoms with E-state index in [9.17, 15) is 19.5 Å². The normalized spacial score (nSPS) is 11.5. The van der Waals surface area contributed by atoms with Gasteiger partial charge in [-0.15, -0.1) is 0 Å². The monoisotopic (exact) mass is 359 g/mol. The van der Waals surface area contributed by atoms with Crippen LogP contribution >= 0.6 is 0 Å². The van der Waals surface area contributed by atoms with Crippen LogP contribution in [0.5, 0.6) is 0 Å². The fourth-order valence-electron chi connectivity index (χ4n) is 2.62. The van der Waals surface area contributed by atoms with Crippen molar-refractivity contribution < 1.29 is 24.2 Å². The highest BCUT2D eigenvalue weighted by molar-refractivity contribution is 5.96. The lowest BCUT2D eigenvalue weighted by Crippen LogP contribution is -2.43. The van der Waals surface area contributed by atoms with Gasteiger partial charge in [0.1, 0.15) is 5.69 Å². The van der Waals surface area contributed by atoms with Gasteiger partial charge in [-0.3, -0.25) is 20.4 Å². The summed E-state index contributed by atoms with van der Waals surface area (Å²) in [5, 5.41) is 9.74. The summed E-state index contributed by atoms with van der Waals surface area (Å²) in [7, 11) is 0. The SMILES string of the molecule is Cc1[nH]c(C(=O)OCC(=O)NNC(=O)c2ccccc2)c(C)c1[C@H](C)O. The summed E-state index contributed by atoms with van der Waals surface area (Å²) in [5.74, 6) is -1.89. The van der Waals surface area contributed by atoms with Crippen molar-refractivity contribution in [3.63, 3.8) is 0 Å². The Balaban J connectivity index is 1.87. The first kappa shape index (κ1) is 19.2. The van der Waals surface area contributed by atoms with E-state index >= 15 is 0 Å². The number of aryl methyl sites for hydroxylation is 1. The van der Waals surface area contributed by atoms with Crippen LogP contribution in [0.2, 0.25) is 0 Å². The standard InChI is InChI=1S/C18H21N3O5/c1-10-15(12(3)22)11(2)19-16(10)18(25)26-9-14(23)20-21-17(24)13-7-5-4-6-8-13/h4-8,12,19,22H,9H2,1-3H3,(H,20,23)(H,21,24)/t12-/m0/s1. The van der Waals surface area contributed by atoms with E-state index in [1.807, 2.05) is 0 Å². The van der Waals surface area contributed by atoms with Crippen molar-refractivity contribution in [3.8, 4) is 0 Å². The van der Waals surface area contributed by atoms with Gasteiger partial charge in [-0.05, 0) is 38.5 Å². The number of nitrogens with one attached hydrogen (secondary N) is 3. The minimum absolute atomic E-state index is 0.180. The Morgan fingerprint density at radius 2 is 1.81 bits per heavy atom. The number of hydrogen-bond acceptors (Lipinski definition) is 5. The first-order valence-electron chi connectivity index (χ1n) is 7.99. The number of aliphatic hydroxyl groups is 1. The molecule has 0 aliphatic heterocycles. The third-order valence-electron chi connectivity index (χ3n) is 3.80. The lowest BCUT2D eigenvalue weighted by molar-refractivity contribution is -0.125. The molecule has 1 heterocycles. The number of aromatic amines is 1. The zero-order chi connectivity index (χ0) is 19.3. The Labute approximate surface area is 150 Å². The largest absolute Gasteiger partial charge is 0.451 e. The summed E-state index contributed by atoms with van der Waals surface area (Å²) in [6, 6.07) is 8.35. The Kier molecular flexibility index (Phi) is 6.13. The van der Waals surface area contributed by atoms with E-state index in [4.69, 9.17) is 4.74 Å². The highest BCUT2D eigenvalue weighted by atomic mass is 16.5. The Bertz CT molecular complexity index is 812. The van der Waals surface area contributed by atoms with Crippen molar-refractivity contribution in [1.82, 2.24) is 15.8 Å². The molecule has 26 heavy (non-hydrogen) atoms. The highest BCUT2D eigenvalue weighted by Gasteiger charge is 2.21. The second-order valence-electron chi connectivity index (χ2n) is 5.78. The molecule has 1 atom stereocenters. The third kappa shape index (κ3) is 4.48. The maximum Gasteiger partial charge on any atom is 0.355 e. The zero-order valence-corrected chi connectivity index (χ0v) is 14.8. The highest BCUT2D eigenvalue weighted by Crippen LogP contribution is 2.24. The molecule has 0 bridgehead atoms. The molecule has 2 rings (SSSR count). The fraction of sp³-hybridized carbons (Fsp3) is 0.278. The smallest absolute Gasteiger partial charge is 0.355 e. The molecule has 1 aromatic carbocycles. The van der Waals surface area contributed by atoms with Crippen LogP contribution in [0, 0.1) is 13.8 Å². The maximum absolute atomic E-state index is 12.1. The van der Waals surface area contributed by atoms with Gasteiger partial charge in [0.05, 0.1) is 6.10 Å². The van der Waals surface area contributed by atoms with Crippen molar-refractivity contribution in [2.45, 2.75) is 26.9 Å². The van der Waals surface area contributed by atoms with Crippen LogP contribution in [0.3, 0.4) is 0 Å². The summed E-state index contributed by atoms with van der Waals surface area (Å²) >= 11 is 0. The zero-order valence-electron chi connectivity index (χ0n) is 14.8. The van der Waals surface area contributed by atoms with Crippen LogP contribution in [0.1, 0.15) is 50.7 Å². The summed E-state index contributed by atoms with van der Waals surface area (Å²) in [5.41, 5.74) is 6.81. The predicted octanol–water partition coefficient (Wildman–Crippen LogP) is 1.30. The minimum Gasteiger partial charge on any atom is -0.451 e. The summed E-state index contributed by atoms with van der Waals surface area (Å²) in [6.07, 6.45) is -0.732. The van der Waals surface area contributed by atoms with Gasteiger partial charge in [-0.2, -0.15) is 0 Å². The first-order valence-corrected chi connectivity index (χ1v) is 7.99. The molecule has 2 amide bonds. The van der Waals surface area contributed by atoms with Gasteiger partial charge in [-0.1, -0.05) is 18.2 Å². The number of ether oxygens (including phenoxy) is 1. The number of esters is 1. The topological polar surface area (TPSA) is 121 Å². The molecule has 8 heteroatoms. The molecular formula is C18H21N3O5. The Morgan fingerprint density at radius 3 is 2.38 bits per heavy atom. The number of aromatic nitrogens is 1. The van der Waals surface area contributed by atoms with Gasteiger partial charge in [-0.25, -0.2) is 4.79 Å². The quantitative estimate of drug-likeness (QED) is 0.474. The number of carbonyl (C=O) groups is 3. The lowest BCUT2D eigenvalue weighted by Gasteiger charge is -2.08. The van der Waals surface area contributed by atoms with Crippen LogP contribution in [0.4, 0.5) is 0 Å². The van der Waals surface area contributed by atoms with Crippen molar-refractivity contribution >= 4 is 17.8 Å². The maximum atomic E-state index is 12.1. The van der Waals surface area contributed by atoms with Gasteiger partial charge in [0, 0.05) is 16.8 Å². The number of rotatable bonds is 5. The molecule has 0 saturated carbocycles. The van der Waals surface area contributed by atoms with Crippen LogP contribution < -0.4 is 10.9 Å². The molecule has 1 aromatic heterocycles. The van der Waals surface area contributed by atoms with Gasteiger partial charge in [0.2, 0.25) is 0 Å². The molecular weight excluding hydrogens is 338 g/mol. The predicted molar refractivity (Wildman–Crippen MR) is 93.2 cm³/mol. The number of hydrazine groups is 1. The van der Waals surface area contributed by atoms with Crippen LogP contribution in [0.25, 0.3) is 0 Å². The van der Waals surface area contributed by atoms with Gasteiger partial charge in [0.15, 0.2) is 6.61 Å². The number of carbonyl (C=O) groups excluding carboxylic acids is 3. The average Bonchev–Trinajstić information content (AvgIpc) is 2.92. The molecule has 138 valence electrons. The van der Waals surface area contributed by atoms with Gasteiger partial charge in [0.25, 0.3) is 11.8 Å². The lowest BCUT2D eigenvalue weighted by atomic mass is 10.1. The third-order valence-corrected chi connectivity index (χ3v) is 3.80. The number of amides is 2. The van der Waals surface area contributed by atoms with E-state index in [-0.39, 0.29) is 5.69 Å². The Hall–Kier alpha value is -3.13. The van der Waals surface area contributed by atoms with Crippen molar-refractivity contribution in [2.24, 2.45) is 0 Å². The van der Waals surface area contributed by atoms with E-state index in [0.29, 0.717) is 22.4 Å². The minimum atomic E-state index is -0.732. The first-order chi connectivity index (χ1) is 12.3. The molecule has 0 saturated heterocycles. The number of hydrogen-bond donors (Lipinski definition) is 4. The van der Waals surface area contributed by atoms with Crippen LogP contribution in [-0.4, -0.2) is 34.5 Å². The molecule has 0 spiro atoms. The van der Waals surface area contributed by atoms with Crippen molar-refractivity contribution in [2.75, 3.05) is 6.61 Å². The van der Waals surface area contributed by atoms with E-state index in [2.05, 4.69) is 15.8 Å². The molecule has 8 nitrogen and oxygen atoms in total. The van der Waals surface area contributed by atoms with Crippen molar-refractivity contribution in [1.29, 1.82) is 0 Å². The molecule has 0 fully saturated rings. The van der Waals surface area contributed by atoms with Crippen LogP contribution in [0.15, 0.2) is 30.3 Å². The van der Waals surface area contributed by atoms with E-state index in [1.165, 1.54) is 0 Å². The van der Waals surface area contributed by atoms with Crippen molar-refractivity contribution in [3.05, 3.63) is 58.4 Å². The summed E-state index contributed by atoms with van der Waals surface area (Å²) < 4.78 is 4.94.